The Morgan fingerprint density at radius 2 is 1.97 bits per heavy atom. The molecule has 1 aliphatic rings. The van der Waals surface area contributed by atoms with Crippen molar-refractivity contribution in [2.45, 2.75) is 44.3 Å². The SMILES string of the molecule is C=CCOC(=O)c1cc2cc(C(F)(F)P(Oc3ccccc3)N3CCCC3C(=O)OCCCC)ccc2s1. The number of rotatable bonds is 12. The minimum absolute atomic E-state index is 0.0649. The van der Waals surface area contributed by atoms with Crippen molar-refractivity contribution in [2.24, 2.45) is 0 Å². The van der Waals surface area contributed by atoms with Crippen molar-refractivity contribution in [3.05, 3.63) is 77.7 Å². The van der Waals surface area contributed by atoms with E-state index in [0.29, 0.717) is 46.5 Å². The van der Waals surface area contributed by atoms with Gasteiger partial charge in [-0.2, -0.15) is 8.78 Å². The third-order valence-corrected chi connectivity index (χ3v) is 9.21. The number of hydrogen-bond acceptors (Lipinski definition) is 7. The Hall–Kier alpha value is -2.87. The van der Waals surface area contributed by atoms with Crippen LogP contribution in [0.2, 0.25) is 0 Å². The summed E-state index contributed by atoms with van der Waals surface area (Å²) in [6.45, 7) is 6.13. The lowest BCUT2D eigenvalue weighted by molar-refractivity contribution is -0.147. The molecule has 2 aromatic carbocycles. The number of nitrogens with zero attached hydrogens (tertiary/aromatic N) is 1. The summed E-state index contributed by atoms with van der Waals surface area (Å²) in [7, 11) is -2.62. The summed E-state index contributed by atoms with van der Waals surface area (Å²) in [5.74, 6) is -0.727. The summed E-state index contributed by atoms with van der Waals surface area (Å²) in [6, 6.07) is 13.5. The van der Waals surface area contributed by atoms with Crippen molar-refractivity contribution < 1.29 is 32.4 Å². The summed E-state index contributed by atoms with van der Waals surface area (Å²) in [6.07, 6.45) is 4.05. The van der Waals surface area contributed by atoms with Crippen LogP contribution in [-0.4, -0.2) is 42.4 Å². The molecule has 0 saturated carbocycles. The summed E-state index contributed by atoms with van der Waals surface area (Å²) in [4.78, 5) is 25.4. The molecule has 1 fully saturated rings. The quantitative estimate of drug-likeness (QED) is 0.0988. The van der Waals surface area contributed by atoms with Gasteiger partial charge in [0.2, 0.25) is 8.30 Å². The summed E-state index contributed by atoms with van der Waals surface area (Å²) in [5, 5.41) is 0.504. The number of thiophene rings is 1. The molecular formula is C28H30F2NO5PS. The largest absolute Gasteiger partial charge is 0.465 e. The average molecular weight is 562 g/mol. The third kappa shape index (κ3) is 6.40. The van der Waals surface area contributed by atoms with Gasteiger partial charge in [-0.05, 0) is 55.0 Å². The van der Waals surface area contributed by atoms with Gasteiger partial charge in [0, 0.05) is 16.8 Å². The van der Waals surface area contributed by atoms with E-state index in [2.05, 4.69) is 6.58 Å². The van der Waals surface area contributed by atoms with Gasteiger partial charge in [-0.1, -0.05) is 50.3 Å². The van der Waals surface area contributed by atoms with E-state index in [-0.39, 0.29) is 18.8 Å². The maximum Gasteiger partial charge on any atom is 0.348 e. The number of alkyl halides is 2. The van der Waals surface area contributed by atoms with Crippen LogP contribution in [0.15, 0.2) is 67.3 Å². The molecule has 1 aliphatic heterocycles. The number of halogens is 2. The molecule has 38 heavy (non-hydrogen) atoms. The lowest BCUT2D eigenvalue weighted by Crippen LogP contribution is -2.38. The van der Waals surface area contributed by atoms with E-state index >= 15 is 8.78 Å². The van der Waals surface area contributed by atoms with Gasteiger partial charge in [0.05, 0.1) is 6.61 Å². The molecule has 0 aliphatic carbocycles. The number of esters is 2. The minimum atomic E-state index is -3.43. The highest BCUT2D eigenvalue weighted by Gasteiger charge is 2.53. The van der Waals surface area contributed by atoms with E-state index in [1.165, 1.54) is 34.2 Å². The highest BCUT2D eigenvalue weighted by atomic mass is 32.1. The summed E-state index contributed by atoms with van der Waals surface area (Å²) < 4.78 is 51.4. The van der Waals surface area contributed by atoms with E-state index < -0.39 is 31.9 Å². The van der Waals surface area contributed by atoms with Crippen LogP contribution < -0.4 is 4.52 Å². The molecule has 10 heteroatoms. The molecule has 2 heterocycles. The Morgan fingerprint density at radius 1 is 1.18 bits per heavy atom. The maximum atomic E-state index is 16.4. The van der Waals surface area contributed by atoms with Crippen LogP contribution in [0.1, 0.15) is 47.8 Å². The third-order valence-electron chi connectivity index (χ3n) is 6.04. The van der Waals surface area contributed by atoms with Crippen molar-refractivity contribution in [3.63, 3.8) is 0 Å². The highest BCUT2D eigenvalue weighted by Crippen LogP contribution is 2.63. The van der Waals surface area contributed by atoms with E-state index in [9.17, 15) is 9.59 Å². The Morgan fingerprint density at radius 3 is 2.71 bits per heavy atom. The molecule has 4 rings (SSSR count). The Labute approximate surface area is 226 Å². The van der Waals surface area contributed by atoms with Crippen LogP contribution in [-0.2, 0) is 19.9 Å². The van der Waals surface area contributed by atoms with E-state index in [1.807, 2.05) is 6.92 Å². The Kier molecular flexibility index (Phi) is 9.47. The molecule has 3 aromatic rings. The predicted octanol–water partition coefficient (Wildman–Crippen LogP) is 7.49. The first kappa shape index (κ1) is 28.1. The summed E-state index contributed by atoms with van der Waals surface area (Å²) >= 11 is 1.17. The topological polar surface area (TPSA) is 65.1 Å². The maximum absolute atomic E-state index is 16.4. The van der Waals surface area contributed by atoms with Gasteiger partial charge in [0.25, 0.3) is 0 Å². The fourth-order valence-electron chi connectivity index (χ4n) is 4.12. The molecule has 0 radical (unpaired) electrons. The molecule has 1 saturated heterocycles. The monoisotopic (exact) mass is 561 g/mol. The molecule has 0 spiro atoms. The van der Waals surface area contributed by atoms with Crippen LogP contribution in [0, 0.1) is 0 Å². The van der Waals surface area contributed by atoms with Crippen molar-refractivity contribution in [1.29, 1.82) is 0 Å². The standard InChI is InChI=1S/C28H30F2NO5PS/c1-3-5-17-35-26(32)23-12-9-15-31(23)37(36-22-10-7-6-8-11-22)28(29,30)21-13-14-24-20(18-21)19-25(38-24)27(33)34-16-4-2/h4,6-8,10-11,13-14,18-19,23H,2-3,5,9,12,15-17H2,1H3. The lowest BCUT2D eigenvalue weighted by atomic mass is 10.1. The zero-order valence-electron chi connectivity index (χ0n) is 21.1. The number of ether oxygens (including phenoxy) is 2. The Balaban J connectivity index is 1.66. The number of unbranched alkanes of at least 4 members (excludes halogenated alkanes) is 1. The lowest BCUT2D eigenvalue weighted by Gasteiger charge is -2.35. The van der Waals surface area contributed by atoms with Gasteiger partial charge in [0.15, 0.2) is 0 Å². The molecule has 2 unspecified atom stereocenters. The average Bonchev–Trinajstić information content (AvgIpc) is 3.58. The number of para-hydroxylation sites is 1. The van der Waals surface area contributed by atoms with E-state index in [1.54, 1.807) is 42.5 Å². The fourth-order valence-corrected chi connectivity index (χ4v) is 7.07. The number of carbonyl (C=O) groups excluding carboxylic acids is 2. The van der Waals surface area contributed by atoms with Crippen LogP contribution in [0.25, 0.3) is 10.1 Å². The molecule has 6 nitrogen and oxygen atoms in total. The number of hydrogen-bond donors (Lipinski definition) is 0. The van der Waals surface area contributed by atoms with Gasteiger partial charge in [0.1, 0.15) is 23.3 Å². The minimum Gasteiger partial charge on any atom is -0.465 e. The normalized spacial score (nSPS) is 16.8. The van der Waals surface area contributed by atoms with Crippen molar-refractivity contribution in [1.82, 2.24) is 4.67 Å². The zero-order valence-corrected chi connectivity index (χ0v) is 22.8. The van der Waals surface area contributed by atoms with Gasteiger partial charge in [-0.15, -0.1) is 11.3 Å². The second-order valence-electron chi connectivity index (χ2n) is 8.81. The molecule has 1 aromatic heterocycles. The van der Waals surface area contributed by atoms with Crippen LogP contribution >= 0.6 is 19.6 Å². The van der Waals surface area contributed by atoms with Crippen LogP contribution in [0.3, 0.4) is 0 Å². The van der Waals surface area contributed by atoms with Crippen molar-refractivity contribution in [2.75, 3.05) is 19.8 Å². The molecular weight excluding hydrogens is 531 g/mol. The zero-order chi connectivity index (χ0) is 27.1. The second-order valence-corrected chi connectivity index (χ2v) is 11.7. The second kappa shape index (κ2) is 12.8. The van der Waals surface area contributed by atoms with Crippen LogP contribution in [0.5, 0.6) is 5.75 Å². The van der Waals surface area contributed by atoms with Crippen LogP contribution in [0.4, 0.5) is 8.78 Å². The molecule has 0 bridgehead atoms. The van der Waals surface area contributed by atoms with Gasteiger partial charge in [-0.3, -0.25) is 4.79 Å². The first-order chi connectivity index (χ1) is 18.3. The number of benzene rings is 2. The fraction of sp³-hybridized carbons (Fsp3) is 0.357. The predicted molar refractivity (Wildman–Crippen MR) is 146 cm³/mol. The van der Waals surface area contributed by atoms with Gasteiger partial charge < -0.3 is 14.0 Å². The van der Waals surface area contributed by atoms with Gasteiger partial charge >= 0.3 is 17.6 Å². The highest BCUT2D eigenvalue weighted by molar-refractivity contribution is 7.51. The smallest absolute Gasteiger partial charge is 0.348 e. The van der Waals surface area contributed by atoms with E-state index in [4.69, 9.17) is 14.0 Å². The van der Waals surface area contributed by atoms with Gasteiger partial charge in [-0.25, -0.2) is 9.46 Å². The number of carbonyl (C=O) groups is 2. The van der Waals surface area contributed by atoms with Crippen molar-refractivity contribution >= 4 is 41.7 Å². The Bertz CT molecular complexity index is 1270. The first-order valence-corrected chi connectivity index (χ1v) is 14.5. The molecule has 2 atom stereocenters. The first-order valence-electron chi connectivity index (χ1n) is 12.5. The number of fused-ring (bicyclic) bond motifs is 1. The molecule has 202 valence electrons. The molecule has 0 amide bonds. The summed E-state index contributed by atoms with van der Waals surface area (Å²) in [5.41, 5.74) is -3.68. The van der Waals surface area contributed by atoms with E-state index in [0.717, 1.165) is 6.42 Å². The van der Waals surface area contributed by atoms with Crippen molar-refractivity contribution in [3.8, 4) is 5.75 Å². The molecule has 0 N–H and O–H groups in total.